The summed E-state index contributed by atoms with van der Waals surface area (Å²) < 4.78 is 16.8. The van der Waals surface area contributed by atoms with Gasteiger partial charge >= 0.3 is 17.9 Å². The average molecular weight is 905 g/mol. The molecule has 0 saturated carbocycles. The molecule has 0 aliphatic heterocycles. The van der Waals surface area contributed by atoms with Gasteiger partial charge in [-0.2, -0.15) is 0 Å². The van der Waals surface area contributed by atoms with Gasteiger partial charge in [0.1, 0.15) is 13.2 Å². The fraction of sp³-hybridized carbons (Fsp3) is 0.712. The lowest BCUT2D eigenvalue weighted by Gasteiger charge is -2.18. The summed E-state index contributed by atoms with van der Waals surface area (Å²) in [6.07, 6.45) is 68.6. The van der Waals surface area contributed by atoms with Crippen LogP contribution >= 0.6 is 0 Å². The Morgan fingerprint density at radius 3 is 1.11 bits per heavy atom. The molecular weight excluding hydrogens is 805 g/mol. The normalized spacial score (nSPS) is 12.7. The summed E-state index contributed by atoms with van der Waals surface area (Å²) in [5.74, 6) is -0.971. The minimum Gasteiger partial charge on any atom is -0.462 e. The van der Waals surface area contributed by atoms with E-state index < -0.39 is 6.10 Å². The summed E-state index contributed by atoms with van der Waals surface area (Å²) in [5, 5.41) is 0. The summed E-state index contributed by atoms with van der Waals surface area (Å²) in [7, 11) is 0. The molecule has 0 bridgehead atoms. The Bertz CT molecular complexity index is 1270. The minimum atomic E-state index is -0.807. The maximum absolute atomic E-state index is 12.8. The van der Waals surface area contributed by atoms with Gasteiger partial charge < -0.3 is 14.2 Å². The second kappa shape index (κ2) is 53.2. The van der Waals surface area contributed by atoms with E-state index in [0.717, 1.165) is 89.9 Å². The van der Waals surface area contributed by atoms with Crippen LogP contribution in [0.5, 0.6) is 0 Å². The number of rotatable bonds is 48. The molecule has 0 aromatic carbocycles. The van der Waals surface area contributed by atoms with Crippen LogP contribution in [-0.4, -0.2) is 37.2 Å². The zero-order chi connectivity index (χ0) is 47.2. The summed E-state index contributed by atoms with van der Waals surface area (Å²) in [6, 6.07) is 0. The SMILES string of the molecule is CC/C=C\C/C=C\C/C=C\CCCCC(=O)OCC(COC(=O)CCCCCCCCCCCC/C=C\C=C/CCCCC)OC(=O)CCCCC/C=C\C=C/CCCCCCCCC. The third-order valence-corrected chi connectivity index (χ3v) is 11.4. The first-order valence-corrected chi connectivity index (χ1v) is 27.1. The van der Waals surface area contributed by atoms with Crippen molar-refractivity contribution in [1.29, 1.82) is 0 Å². The molecule has 6 heteroatoms. The van der Waals surface area contributed by atoms with Gasteiger partial charge in [0.2, 0.25) is 0 Å². The molecule has 0 fully saturated rings. The van der Waals surface area contributed by atoms with E-state index >= 15 is 0 Å². The lowest BCUT2D eigenvalue weighted by molar-refractivity contribution is -0.167. The van der Waals surface area contributed by atoms with Crippen LogP contribution in [0.1, 0.15) is 252 Å². The molecule has 1 unspecified atom stereocenters. The summed E-state index contributed by atoms with van der Waals surface area (Å²) in [4.78, 5) is 38.0. The van der Waals surface area contributed by atoms with Crippen LogP contribution in [0.15, 0.2) is 85.1 Å². The van der Waals surface area contributed by atoms with Gasteiger partial charge in [0.25, 0.3) is 0 Å². The van der Waals surface area contributed by atoms with Gasteiger partial charge in [-0.15, -0.1) is 0 Å². The second-order valence-corrected chi connectivity index (χ2v) is 17.8. The van der Waals surface area contributed by atoms with Crippen molar-refractivity contribution in [1.82, 2.24) is 0 Å². The molecule has 0 radical (unpaired) electrons. The second-order valence-electron chi connectivity index (χ2n) is 17.8. The van der Waals surface area contributed by atoms with Crippen molar-refractivity contribution in [2.24, 2.45) is 0 Å². The van der Waals surface area contributed by atoms with E-state index in [9.17, 15) is 14.4 Å². The number of carbonyl (C=O) groups excluding carboxylic acids is 3. The standard InChI is InChI=1S/C59H100O6/c1-4-7-10-13-16-19-22-25-27-29-30-31-33-34-37-40-43-46-49-52-58(61)64-55-56(54-63-57(60)51-48-45-42-39-36-24-21-18-15-12-9-6-3)65-59(62)53-50-47-44-41-38-35-32-28-26-23-20-17-14-11-8-5-2/h9,12,16,18-19,21-22,25,28,32,35-36,38-39,56H,4-8,10-11,13-15,17,20,23-24,26-27,29-31,33-34,37,40-55H2,1-3H3/b12-9-,19-16-,21-18-,25-22-,32-28-,38-35-,39-36-. The molecule has 0 aromatic heterocycles. The molecule has 0 aliphatic rings. The fourth-order valence-corrected chi connectivity index (χ4v) is 7.32. The topological polar surface area (TPSA) is 78.9 Å². The molecule has 0 aliphatic carbocycles. The van der Waals surface area contributed by atoms with E-state index in [2.05, 4.69) is 106 Å². The molecule has 0 heterocycles. The van der Waals surface area contributed by atoms with E-state index in [1.165, 1.54) is 122 Å². The number of hydrogen-bond donors (Lipinski definition) is 0. The van der Waals surface area contributed by atoms with Crippen LogP contribution in [0.4, 0.5) is 0 Å². The quantitative estimate of drug-likeness (QED) is 0.0199. The first kappa shape index (κ1) is 61.6. The molecule has 1 atom stereocenters. The Labute approximate surface area is 401 Å². The summed E-state index contributed by atoms with van der Waals surface area (Å²) in [6.45, 7) is 6.43. The van der Waals surface area contributed by atoms with E-state index in [4.69, 9.17) is 14.2 Å². The largest absolute Gasteiger partial charge is 0.462 e. The van der Waals surface area contributed by atoms with Crippen LogP contribution in [-0.2, 0) is 28.6 Å². The first-order chi connectivity index (χ1) is 32.0. The molecule has 0 N–H and O–H groups in total. The van der Waals surface area contributed by atoms with Crippen molar-refractivity contribution >= 4 is 17.9 Å². The maximum Gasteiger partial charge on any atom is 0.306 e. The summed E-state index contributed by atoms with van der Waals surface area (Å²) >= 11 is 0. The molecule has 372 valence electrons. The molecule has 0 rings (SSSR count). The summed E-state index contributed by atoms with van der Waals surface area (Å²) in [5.41, 5.74) is 0. The van der Waals surface area contributed by atoms with Crippen LogP contribution in [0.2, 0.25) is 0 Å². The highest BCUT2D eigenvalue weighted by atomic mass is 16.6. The monoisotopic (exact) mass is 905 g/mol. The number of unbranched alkanes of at least 4 members (excludes halogenated alkanes) is 25. The van der Waals surface area contributed by atoms with Crippen LogP contribution in [0.25, 0.3) is 0 Å². The molecular formula is C59H100O6. The van der Waals surface area contributed by atoms with E-state index in [1.54, 1.807) is 0 Å². The zero-order valence-corrected chi connectivity index (χ0v) is 42.5. The predicted octanol–water partition coefficient (Wildman–Crippen LogP) is 18.0. The third kappa shape index (κ3) is 51.4. The van der Waals surface area contributed by atoms with Crippen molar-refractivity contribution in [3.63, 3.8) is 0 Å². The van der Waals surface area contributed by atoms with E-state index in [0.29, 0.717) is 12.8 Å². The first-order valence-electron chi connectivity index (χ1n) is 27.1. The number of carbonyl (C=O) groups is 3. The highest BCUT2D eigenvalue weighted by molar-refractivity contribution is 5.71. The number of esters is 3. The average Bonchev–Trinajstić information content (AvgIpc) is 3.30. The molecule has 0 spiro atoms. The smallest absolute Gasteiger partial charge is 0.306 e. The van der Waals surface area contributed by atoms with Gasteiger partial charge in [-0.05, 0) is 103 Å². The van der Waals surface area contributed by atoms with Crippen molar-refractivity contribution in [2.75, 3.05) is 13.2 Å². The van der Waals surface area contributed by atoms with Crippen LogP contribution < -0.4 is 0 Å². The van der Waals surface area contributed by atoms with Gasteiger partial charge in [-0.1, -0.05) is 215 Å². The van der Waals surface area contributed by atoms with Crippen molar-refractivity contribution in [2.45, 2.75) is 258 Å². The molecule has 65 heavy (non-hydrogen) atoms. The van der Waals surface area contributed by atoms with Gasteiger partial charge in [-0.3, -0.25) is 14.4 Å². The number of hydrogen-bond acceptors (Lipinski definition) is 6. The predicted molar refractivity (Wildman–Crippen MR) is 279 cm³/mol. The fourth-order valence-electron chi connectivity index (χ4n) is 7.32. The highest BCUT2D eigenvalue weighted by Gasteiger charge is 2.19. The highest BCUT2D eigenvalue weighted by Crippen LogP contribution is 2.14. The number of ether oxygens (including phenoxy) is 3. The molecule has 0 aromatic rings. The van der Waals surface area contributed by atoms with Gasteiger partial charge in [0, 0.05) is 19.3 Å². The minimum absolute atomic E-state index is 0.101. The molecule has 0 amide bonds. The third-order valence-electron chi connectivity index (χ3n) is 11.4. The van der Waals surface area contributed by atoms with E-state index in [1.807, 2.05) is 0 Å². The van der Waals surface area contributed by atoms with Gasteiger partial charge in [-0.25, -0.2) is 0 Å². The maximum atomic E-state index is 12.8. The Hall–Kier alpha value is -3.41. The zero-order valence-electron chi connectivity index (χ0n) is 42.5. The van der Waals surface area contributed by atoms with Gasteiger partial charge in [0.05, 0.1) is 0 Å². The Kier molecular flexibility index (Phi) is 50.4. The lowest BCUT2D eigenvalue weighted by Crippen LogP contribution is -2.30. The number of allylic oxidation sites excluding steroid dienone is 14. The lowest BCUT2D eigenvalue weighted by atomic mass is 10.1. The van der Waals surface area contributed by atoms with Crippen LogP contribution in [0, 0.1) is 0 Å². The Morgan fingerprint density at radius 2 is 0.646 bits per heavy atom. The van der Waals surface area contributed by atoms with E-state index in [-0.39, 0.29) is 37.5 Å². The Morgan fingerprint density at radius 1 is 0.338 bits per heavy atom. The molecule has 0 saturated heterocycles. The van der Waals surface area contributed by atoms with Crippen LogP contribution in [0.3, 0.4) is 0 Å². The van der Waals surface area contributed by atoms with Gasteiger partial charge in [0.15, 0.2) is 6.10 Å². The Balaban J connectivity index is 4.43. The van der Waals surface area contributed by atoms with Crippen molar-refractivity contribution in [3.05, 3.63) is 85.1 Å². The van der Waals surface area contributed by atoms with Crippen molar-refractivity contribution in [3.8, 4) is 0 Å². The van der Waals surface area contributed by atoms with Crippen molar-refractivity contribution < 1.29 is 28.6 Å². The molecule has 6 nitrogen and oxygen atoms in total.